The number of phenolic OH excluding ortho intramolecular Hbond substituents is 1. The van der Waals surface area contributed by atoms with Crippen LogP contribution in [0.5, 0.6) is 5.75 Å². The molecule has 1 aliphatic heterocycles. The molecule has 6 atom stereocenters. The maximum atomic E-state index is 12.6. The fourth-order valence-electron chi connectivity index (χ4n) is 4.43. The second-order valence-electron chi connectivity index (χ2n) is 9.99. The van der Waals surface area contributed by atoms with E-state index in [1.54, 1.807) is 19.1 Å². The lowest BCUT2D eigenvalue weighted by Gasteiger charge is -2.27. The maximum absolute atomic E-state index is 12.6. The third kappa shape index (κ3) is 6.96. The van der Waals surface area contributed by atoms with Crippen molar-refractivity contribution in [1.29, 1.82) is 0 Å². The van der Waals surface area contributed by atoms with Gasteiger partial charge in [0.2, 0.25) is 0 Å². The number of cyclic esters (lactones) is 1. The van der Waals surface area contributed by atoms with Gasteiger partial charge in [0, 0.05) is 18.8 Å². The second kappa shape index (κ2) is 12.5. The van der Waals surface area contributed by atoms with Crippen LogP contribution in [0.4, 0.5) is 0 Å². The first-order valence-electron chi connectivity index (χ1n) is 12.8. The van der Waals surface area contributed by atoms with E-state index in [4.69, 9.17) is 9.15 Å². The molecule has 4 N–H and O–H groups in total. The van der Waals surface area contributed by atoms with E-state index in [0.717, 1.165) is 17.5 Å². The van der Waals surface area contributed by atoms with Gasteiger partial charge < -0.3 is 29.6 Å². The molecule has 8 heteroatoms. The van der Waals surface area contributed by atoms with Gasteiger partial charge in [-0.2, -0.15) is 0 Å². The minimum atomic E-state index is -0.881. The Labute approximate surface area is 212 Å². The van der Waals surface area contributed by atoms with E-state index in [1.165, 1.54) is 6.26 Å². The lowest BCUT2D eigenvalue weighted by molar-refractivity contribution is 0.0144. The molecule has 198 valence electrons. The van der Waals surface area contributed by atoms with Crippen LogP contribution in [-0.2, 0) is 24.0 Å². The van der Waals surface area contributed by atoms with E-state index in [0.29, 0.717) is 36.8 Å². The van der Waals surface area contributed by atoms with Crippen LogP contribution in [0.15, 0.2) is 28.9 Å². The summed E-state index contributed by atoms with van der Waals surface area (Å²) in [6.07, 6.45) is 4.84. The number of benzene rings is 1. The van der Waals surface area contributed by atoms with Crippen LogP contribution in [-0.4, -0.2) is 55.8 Å². The molecule has 0 spiro atoms. The molecule has 2 aromatic rings. The normalized spacial score (nSPS) is 20.0. The van der Waals surface area contributed by atoms with Crippen molar-refractivity contribution < 1.29 is 34.4 Å². The summed E-state index contributed by atoms with van der Waals surface area (Å²) in [5.41, 5.74) is 2.19. The molecule has 8 nitrogen and oxygen atoms in total. The number of ether oxygens (including phenoxy) is 1. The number of nitrogens with zero attached hydrogens (tertiary/aromatic N) is 1. The van der Waals surface area contributed by atoms with Crippen molar-refractivity contribution in [2.45, 2.75) is 90.6 Å². The number of esters is 1. The Morgan fingerprint density at radius 2 is 1.86 bits per heavy atom. The topological polar surface area (TPSA) is 133 Å². The summed E-state index contributed by atoms with van der Waals surface area (Å²) < 4.78 is 10.9. The van der Waals surface area contributed by atoms with Crippen LogP contribution in [0.25, 0.3) is 6.08 Å². The van der Waals surface area contributed by atoms with E-state index in [1.807, 2.05) is 19.1 Å². The molecule has 0 bridgehead atoms. The fraction of sp³-hybridized carbons (Fsp3) is 0.571. The summed E-state index contributed by atoms with van der Waals surface area (Å²) in [5, 5.41) is 41.3. The SMILES string of the molecule is CC[C@H](C)Cc1ccc2c(c1O)C(=O)O[C@@H](C[C@@H](O)/C=C/c1coc(C[C@H](O)[C@H](C)[C@H](O)CC)n1)C2. The predicted molar refractivity (Wildman–Crippen MR) is 136 cm³/mol. The molecule has 0 saturated heterocycles. The Hall–Kier alpha value is -2.68. The highest BCUT2D eigenvalue weighted by Crippen LogP contribution is 2.34. The summed E-state index contributed by atoms with van der Waals surface area (Å²) in [5.74, 6) is -0.131. The third-order valence-electron chi connectivity index (χ3n) is 7.12. The summed E-state index contributed by atoms with van der Waals surface area (Å²) >= 11 is 0. The van der Waals surface area contributed by atoms with Gasteiger partial charge in [-0.05, 0) is 36.0 Å². The Morgan fingerprint density at radius 3 is 2.56 bits per heavy atom. The lowest BCUT2D eigenvalue weighted by atomic mass is 9.90. The van der Waals surface area contributed by atoms with Crippen molar-refractivity contribution in [1.82, 2.24) is 4.98 Å². The molecule has 0 aliphatic carbocycles. The number of aromatic nitrogens is 1. The standard InChI is InChI=1S/C28H39NO7/c1-5-16(3)11-19-8-7-18-12-22(36-28(34)26(18)27(19)33)13-21(30)10-9-20-15-35-25(29-20)14-24(32)17(4)23(31)6-2/h7-10,15-17,21-24,30-33H,5-6,11-14H2,1-4H3/b10-9+/t16-,17+,21-,22+,23+,24-/m0/s1. The largest absolute Gasteiger partial charge is 0.507 e. The van der Waals surface area contributed by atoms with Crippen LogP contribution in [0.3, 0.4) is 0 Å². The summed E-state index contributed by atoms with van der Waals surface area (Å²) in [7, 11) is 0. The minimum absolute atomic E-state index is 0.00208. The average Bonchev–Trinajstić information content (AvgIpc) is 3.30. The van der Waals surface area contributed by atoms with Crippen molar-refractivity contribution in [3.63, 3.8) is 0 Å². The van der Waals surface area contributed by atoms with Crippen LogP contribution in [0, 0.1) is 11.8 Å². The highest BCUT2D eigenvalue weighted by molar-refractivity contribution is 5.95. The number of carbonyl (C=O) groups excluding carboxylic acids is 1. The number of phenols is 1. The molecule has 2 heterocycles. The third-order valence-corrected chi connectivity index (χ3v) is 7.12. The van der Waals surface area contributed by atoms with E-state index < -0.39 is 30.4 Å². The van der Waals surface area contributed by atoms with Crippen LogP contribution >= 0.6 is 0 Å². The molecule has 0 fully saturated rings. The highest BCUT2D eigenvalue weighted by atomic mass is 16.5. The number of hydrogen-bond acceptors (Lipinski definition) is 8. The predicted octanol–water partition coefficient (Wildman–Crippen LogP) is 3.83. The van der Waals surface area contributed by atoms with Gasteiger partial charge in [0.1, 0.15) is 29.4 Å². The molecule has 1 aromatic carbocycles. The zero-order chi connectivity index (χ0) is 26.4. The van der Waals surface area contributed by atoms with Crippen LogP contribution in [0.1, 0.15) is 80.0 Å². The highest BCUT2D eigenvalue weighted by Gasteiger charge is 2.31. The van der Waals surface area contributed by atoms with Gasteiger partial charge in [-0.1, -0.05) is 52.3 Å². The van der Waals surface area contributed by atoms with E-state index >= 15 is 0 Å². The first kappa shape index (κ1) is 27.9. The van der Waals surface area contributed by atoms with Crippen molar-refractivity contribution >= 4 is 12.0 Å². The molecule has 1 aliphatic rings. The Kier molecular flexibility index (Phi) is 9.70. The number of aliphatic hydroxyl groups is 3. The Balaban J connectivity index is 1.57. The molecule has 3 rings (SSSR count). The average molecular weight is 502 g/mol. The second-order valence-corrected chi connectivity index (χ2v) is 9.99. The zero-order valence-electron chi connectivity index (χ0n) is 21.6. The summed E-state index contributed by atoms with van der Waals surface area (Å²) in [6, 6.07) is 3.74. The van der Waals surface area contributed by atoms with Crippen molar-refractivity contribution in [2.24, 2.45) is 11.8 Å². The monoisotopic (exact) mass is 501 g/mol. The molecule has 0 saturated carbocycles. The number of carbonyl (C=O) groups is 1. The molecule has 1 aromatic heterocycles. The molecular formula is C28H39NO7. The fourth-order valence-corrected chi connectivity index (χ4v) is 4.43. The lowest BCUT2D eigenvalue weighted by Crippen LogP contribution is -2.30. The van der Waals surface area contributed by atoms with Gasteiger partial charge in [0.25, 0.3) is 0 Å². The maximum Gasteiger partial charge on any atom is 0.342 e. The number of rotatable bonds is 12. The molecule has 36 heavy (non-hydrogen) atoms. The Morgan fingerprint density at radius 1 is 1.11 bits per heavy atom. The zero-order valence-corrected chi connectivity index (χ0v) is 21.6. The van der Waals surface area contributed by atoms with E-state index in [2.05, 4.69) is 18.8 Å². The van der Waals surface area contributed by atoms with Crippen LogP contribution in [0.2, 0.25) is 0 Å². The van der Waals surface area contributed by atoms with Gasteiger partial charge in [0.15, 0.2) is 5.89 Å². The van der Waals surface area contributed by atoms with Crippen molar-refractivity contribution in [2.75, 3.05) is 0 Å². The number of fused-ring (bicyclic) bond motifs is 1. The molecule has 0 unspecified atom stereocenters. The minimum Gasteiger partial charge on any atom is -0.507 e. The summed E-state index contributed by atoms with van der Waals surface area (Å²) in [4.78, 5) is 16.9. The van der Waals surface area contributed by atoms with Gasteiger partial charge in [0.05, 0.1) is 24.7 Å². The first-order chi connectivity index (χ1) is 17.1. The van der Waals surface area contributed by atoms with Gasteiger partial charge in [-0.15, -0.1) is 0 Å². The van der Waals surface area contributed by atoms with E-state index in [9.17, 15) is 25.2 Å². The number of aliphatic hydroxyl groups excluding tert-OH is 3. The number of hydrogen-bond donors (Lipinski definition) is 4. The van der Waals surface area contributed by atoms with Gasteiger partial charge in [-0.25, -0.2) is 9.78 Å². The molecular weight excluding hydrogens is 462 g/mol. The van der Waals surface area contributed by atoms with Gasteiger partial charge >= 0.3 is 5.97 Å². The van der Waals surface area contributed by atoms with Crippen molar-refractivity contribution in [3.05, 3.63) is 52.7 Å². The van der Waals surface area contributed by atoms with E-state index in [-0.39, 0.29) is 30.1 Å². The number of aromatic hydroxyl groups is 1. The quantitative estimate of drug-likeness (QED) is 0.323. The summed E-state index contributed by atoms with van der Waals surface area (Å²) in [6.45, 7) is 7.83. The first-order valence-corrected chi connectivity index (χ1v) is 12.8. The molecule has 0 amide bonds. The number of oxazole rings is 1. The van der Waals surface area contributed by atoms with Gasteiger partial charge in [-0.3, -0.25) is 0 Å². The smallest absolute Gasteiger partial charge is 0.342 e. The van der Waals surface area contributed by atoms with Crippen molar-refractivity contribution in [3.8, 4) is 5.75 Å². The molecule has 0 radical (unpaired) electrons. The van der Waals surface area contributed by atoms with Crippen LogP contribution < -0.4 is 0 Å². The Bertz CT molecular complexity index is 1050.